The van der Waals surface area contributed by atoms with Crippen molar-refractivity contribution in [2.75, 3.05) is 11.5 Å². The summed E-state index contributed by atoms with van der Waals surface area (Å²) in [7, 11) is 0. The maximum absolute atomic E-state index is 12.6. The fourth-order valence-corrected chi connectivity index (χ4v) is 3.90. The monoisotopic (exact) mass is 402 g/mol. The summed E-state index contributed by atoms with van der Waals surface area (Å²) in [6, 6.07) is 10.7. The smallest absolute Gasteiger partial charge is 0.247 e. The highest BCUT2D eigenvalue weighted by molar-refractivity contribution is 8.14. The molecule has 27 heavy (non-hydrogen) atoms. The van der Waals surface area contributed by atoms with Crippen LogP contribution < -0.4 is 15.4 Å². The molecule has 1 aliphatic rings. The van der Waals surface area contributed by atoms with E-state index in [1.807, 2.05) is 24.4 Å². The number of amides is 2. The second kappa shape index (κ2) is 8.83. The molecule has 140 valence electrons. The summed E-state index contributed by atoms with van der Waals surface area (Å²) >= 11 is 2.58. The van der Waals surface area contributed by atoms with Gasteiger partial charge in [-0.05, 0) is 42.6 Å². The van der Waals surface area contributed by atoms with Gasteiger partial charge in [0.1, 0.15) is 11.0 Å². The molecule has 7 nitrogen and oxygen atoms in total. The summed E-state index contributed by atoms with van der Waals surface area (Å²) in [4.78, 5) is 27.1. The number of carbonyl (C=O) groups excluding carboxylic acids is 2. The summed E-state index contributed by atoms with van der Waals surface area (Å²) in [5, 5.41) is 9.26. The Kier molecular flexibility index (Phi) is 6.25. The Morgan fingerprint density at radius 3 is 2.81 bits per heavy atom. The van der Waals surface area contributed by atoms with Crippen LogP contribution in [0.1, 0.15) is 18.2 Å². The van der Waals surface area contributed by atoms with Crippen molar-refractivity contribution in [2.45, 2.75) is 18.6 Å². The van der Waals surface area contributed by atoms with Crippen molar-refractivity contribution in [3.8, 4) is 5.75 Å². The number of imide groups is 1. The summed E-state index contributed by atoms with van der Waals surface area (Å²) in [5.74, 6) is 0.109. The lowest BCUT2D eigenvalue weighted by Gasteiger charge is -2.15. The van der Waals surface area contributed by atoms with Gasteiger partial charge in [-0.15, -0.1) is 16.4 Å². The molecule has 9 heteroatoms. The molecule has 0 aliphatic carbocycles. The lowest BCUT2D eigenvalue weighted by molar-refractivity contribution is -0.121. The highest BCUT2D eigenvalue weighted by atomic mass is 32.2. The molecule has 0 saturated carbocycles. The van der Waals surface area contributed by atoms with E-state index in [4.69, 9.17) is 10.5 Å². The number of nitrogens with zero attached hydrogens (tertiary/aromatic N) is 3. The number of carbonyl (C=O) groups is 2. The molecule has 0 spiro atoms. The molecule has 2 amide bonds. The molecule has 1 aromatic carbocycles. The molecule has 3 rings (SSSR count). The quantitative estimate of drug-likeness (QED) is 0.347. The predicted octanol–water partition coefficient (Wildman–Crippen LogP) is 2.86. The minimum Gasteiger partial charge on any atom is -0.494 e. The normalized spacial score (nSPS) is 17.9. The van der Waals surface area contributed by atoms with Crippen molar-refractivity contribution in [3.63, 3.8) is 0 Å². The Bertz CT molecular complexity index is 863. The van der Waals surface area contributed by atoms with Gasteiger partial charge in [0.05, 0.1) is 18.5 Å². The number of thiophene rings is 1. The summed E-state index contributed by atoms with van der Waals surface area (Å²) < 4.78 is 5.38. The lowest BCUT2D eigenvalue weighted by Crippen LogP contribution is -2.31. The third kappa shape index (κ3) is 4.75. The topological polar surface area (TPSA) is 97.3 Å². The van der Waals surface area contributed by atoms with Crippen LogP contribution in [0.5, 0.6) is 5.75 Å². The van der Waals surface area contributed by atoms with E-state index < -0.39 is 5.25 Å². The van der Waals surface area contributed by atoms with Crippen LogP contribution in [0, 0.1) is 0 Å². The molecule has 2 heterocycles. The van der Waals surface area contributed by atoms with Gasteiger partial charge in [-0.1, -0.05) is 17.8 Å². The van der Waals surface area contributed by atoms with Crippen molar-refractivity contribution >= 4 is 52.0 Å². The number of benzene rings is 1. The van der Waals surface area contributed by atoms with Crippen molar-refractivity contribution in [3.05, 3.63) is 46.7 Å². The van der Waals surface area contributed by atoms with E-state index in [0.717, 1.165) is 16.6 Å². The number of hydrogen-bond donors (Lipinski definition) is 1. The van der Waals surface area contributed by atoms with Gasteiger partial charge in [0, 0.05) is 11.3 Å². The Hall–Kier alpha value is -2.65. The van der Waals surface area contributed by atoms with Crippen molar-refractivity contribution in [1.29, 1.82) is 0 Å². The van der Waals surface area contributed by atoms with E-state index in [1.54, 1.807) is 30.5 Å². The predicted molar refractivity (Wildman–Crippen MR) is 110 cm³/mol. The number of ether oxygens (including phenoxy) is 1. The molecule has 2 N–H and O–H groups in total. The van der Waals surface area contributed by atoms with Gasteiger partial charge in [0.15, 0.2) is 5.17 Å². The fraction of sp³-hybridized carbons (Fsp3) is 0.222. The minimum absolute atomic E-state index is 0.0710. The Balaban J connectivity index is 1.64. The number of amidine groups is 1. The first kappa shape index (κ1) is 19.1. The Morgan fingerprint density at radius 2 is 2.15 bits per heavy atom. The summed E-state index contributed by atoms with van der Waals surface area (Å²) in [6.07, 6.45) is 1.66. The van der Waals surface area contributed by atoms with Crippen LogP contribution in [0.25, 0.3) is 0 Å². The van der Waals surface area contributed by atoms with Crippen LogP contribution in [-0.4, -0.2) is 35.1 Å². The van der Waals surface area contributed by atoms with Gasteiger partial charge in [-0.25, -0.2) is 4.90 Å². The highest BCUT2D eigenvalue weighted by Gasteiger charge is 2.40. The molecule has 1 aromatic heterocycles. The zero-order valence-corrected chi connectivity index (χ0v) is 16.2. The largest absolute Gasteiger partial charge is 0.494 e. The average Bonchev–Trinajstić information content (AvgIpc) is 3.25. The van der Waals surface area contributed by atoms with Crippen LogP contribution in [-0.2, 0) is 9.59 Å². The second-order valence-electron chi connectivity index (χ2n) is 5.50. The first-order chi connectivity index (χ1) is 13.1. The van der Waals surface area contributed by atoms with Crippen molar-refractivity contribution in [2.24, 2.45) is 15.9 Å². The van der Waals surface area contributed by atoms with Crippen LogP contribution in [0.4, 0.5) is 5.69 Å². The number of nitrogens with two attached hydrogens (primary N) is 1. The standard InChI is InChI=1S/C18H18N4O3S2/c1-2-25-13-7-5-12(6-8-13)22-16(23)10-15(17(22)24)27-18(19)21-20-11-14-4-3-9-26-14/h3-9,11,15H,2,10H2,1H3,(H2,19,21). The summed E-state index contributed by atoms with van der Waals surface area (Å²) in [5.41, 5.74) is 6.36. The number of anilines is 1. The maximum Gasteiger partial charge on any atom is 0.247 e. The Morgan fingerprint density at radius 1 is 1.37 bits per heavy atom. The molecular formula is C18H18N4O3S2. The molecule has 1 aliphatic heterocycles. The van der Waals surface area contributed by atoms with Gasteiger partial charge in [0.25, 0.3) is 0 Å². The van der Waals surface area contributed by atoms with Crippen LogP contribution in [0.15, 0.2) is 52.0 Å². The second-order valence-corrected chi connectivity index (χ2v) is 7.71. The lowest BCUT2D eigenvalue weighted by atomic mass is 10.3. The molecule has 1 unspecified atom stereocenters. The first-order valence-corrected chi connectivity index (χ1v) is 10.0. The van der Waals surface area contributed by atoms with Crippen LogP contribution >= 0.6 is 23.1 Å². The van der Waals surface area contributed by atoms with E-state index in [9.17, 15) is 9.59 Å². The van der Waals surface area contributed by atoms with Gasteiger partial charge < -0.3 is 10.5 Å². The van der Waals surface area contributed by atoms with E-state index in [0.29, 0.717) is 18.0 Å². The molecule has 0 bridgehead atoms. The first-order valence-electron chi connectivity index (χ1n) is 8.24. The van der Waals surface area contributed by atoms with Gasteiger partial charge in [-0.2, -0.15) is 5.10 Å². The van der Waals surface area contributed by atoms with E-state index in [2.05, 4.69) is 10.2 Å². The molecule has 1 fully saturated rings. The number of rotatable bonds is 6. The zero-order valence-electron chi connectivity index (χ0n) is 14.6. The molecule has 1 saturated heterocycles. The molecule has 1 atom stereocenters. The zero-order chi connectivity index (χ0) is 19.2. The molecular weight excluding hydrogens is 384 g/mol. The van der Waals surface area contributed by atoms with Gasteiger partial charge >= 0.3 is 0 Å². The van der Waals surface area contributed by atoms with E-state index in [1.165, 1.54) is 16.2 Å². The SMILES string of the molecule is CCOc1ccc(N2C(=O)CC(SC(N)=NN=Cc3cccs3)C2=O)cc1. The third-order valence-corrected chi connectivity index (χ3v) is 5.44. The molecule has 0 radical (unpaired) electrons. The highest BCUT2D eigenvalue weighted by Crippen LogP contribution is 2.30. The third-order valence-electron chi connectivity index (χ3n) is 3.66. The van der Waals surface area contributed by atoms with Gasteiger partial charge in [-0.3, -0.25) is 9.59 Å². The summed E-state index contributed by atoms with van der Waals surface area (Å²) in [6.45, 7) is 2.44. The van der Waals surface area contributed by atoms with Crippen molar-refractivity contribution in [1.82, 2.24) is 0 Å². The number of thioether (sulfide) groups is 1. The average molecular weight is 403 g/mol. The minimum atomic E-state index is -0.607. The fourth-order valence-electron chi connectivity index (χ4n) is 2.50. The number of hydrogen-bond acceptors (Lipinski definition) is 7. The molecule has 2 aromatic rings. The van der Waals surface area contributed by atoms with Crippen LogP contribution in [0.3, 0.4) is 0 Å². The maximum atomic E-state index is 12.6. The van der Waals surface area contributed by atoms with E-state index >= 15 is 0 Å². The Labute approximate surface area is 164 Å². The van der Waals surface area contributed by atoms with E-state index in [-0.39, 0.29) is 23.4 Å². The van der Waals surface area contributed by atoms with Crippen LogP contribution in [0.2, 0.25) is 0 Å². The van der Waals surface area contributed by atoms with Gasteiger partial charge in [0.2, 0.25) is 11.8 Å². The van der Waals surface area contributed by atoms with Crippen molar-refractivity contribution < 1.29 is 14.3 Å².